The van der Waals surface area contributed by atoms with Crippen LogP contribution < -0.4 is 0 Å². The summed E-state index contributed by atoms with van der Waals surface area (Å²) in [6, 6.07) is 16.2. The van der Waals surface area contributed by atoms with Crippen LogP contribution in [-0.2, 0) is 0 Å². The van der Waals surface area contributed by atoms with Crippen molar-refractivity contribution < 1.29 is 4.79 Å². The maximum Gasteiger partial charge on any atom is 0.254 e. The monoisotopic (exact) mass is 422 g/mol. The standard InChI is InChI=1S/C23H23BrN2O/c1-15-5-3-7-17(11-15)22-13-20(19-12-18(24)8-9-21(19)25-22)23(27)26-10-4-6-16(2)14-26/h3,5,7-9,11-13,16H,4,6,10,14H2,1-2H3/t16-/m1/s1. The largest absolute Gasteiger partial charge is 0.338 e. The topological polar surface area (TPSA) is 33.2 Å². The van der Waals surface area contributed by atoms with Gasteiger partial charge in [0.2, 0.25) is 0 Å². The lowest BCUT2D eigenvalue weighted by molar-refractivity contribution is 0.0685. The first-order valence-corrected chi connectivity index (χ1v) is 10.3. The van der Waals surface area contributed by atoms with Gasteiger partial charge in [0.05, 0.1) is 16.8 Å². The van der Waals surface area contributed by atoms with E-state index >= 15 is 0 Å². The summed E-state index contributed by atoms with van der Waals surface area (Å²) in [7, 11) is 0. The molecule has 1 atom stereocenters. The van der Waals surface area contributed by atoms with Crippen molar-refractivity contribution in [3.8, 4) is 11.3 Å². The Morgan fingerprint density at radius 2 is 2.04 bits per heavy atom. The van der Waals surface area contributed by atoms with Crippen LogP contribution in [0.25, 0.3) is 22.2 Å². The van der Waals surface area contributed by atoms with Crippen LogP contribution in [0.4, 0.5) is 0 Å². The molecule has 4 heteroatoms. The molecule has 27 heavy (non-hydrogen) atoms. The predicted molar refractivity (Wildman–Crippen MR) is 114 cm³/mol. The van der Waals surface area contributed by atoms with E-state index in [1.165, 1.54) is 12.0 Å². The number of pyridine rings is 1. The van der Waals surface area contributed by atoms with E-state index in [0.717, 1.165) is 51.7 Å². The van der Waals surface area contributed by atoms with Gasteiger partial charge in [-0.15, -0.1) is 0 Å². The molecule has 0 bridgehead atoms. The van der Waals surface area contributed by atoms with Crippen molar-refractivity contribution in [1.82, 2.24) is 9.88 Å². The van der Waals surface area contributed by atoms with E-state index in [2.05, 4.69) is 48.0 Å². The number of carbonyl (C=O) groups is 1. The maximum absolute atomic E-state index is 13.4. The van der Waals surface area contributed by atoms with E-state index in [0.29, 0.717) is 5.92 Å². The van der Waals surface area contributed by atoms with E-state index in [1.54, 1.807) is 0 Å². The zero-order chi connectivity index (χ0) is 19.0. The lowest BCUT2D eigenvalue weighted by Gasteiger charge is -2.31. The molecule has 0 unspecified atom stereocenters. The molecule has 0 saturated carbocycles. The predicted octanol–water partition coefficient (Wildman–Crippen LogP) is 5.84. The van der Waals surface area contributed by atoms with Crippen molar-refractivity contribution in [3.05, 3.63) is 64.1 Å². The third-order valence-electron chi connectivity index (χ3n) is 5.26. The molecule has 0 radical (unpaired) electrons. The molecule has 4 rings (SSSR count). The van der Waals surface area contributed by atoms with Gasteiger partial charge < -0.3 is 4.90 Å². The minimum atomic E-state index is 0.112. The lowest BCUT2D eigenvalue weighted by atomic mass is 9.98. The van der Waals surface area contributed by atoms with Crippen molar-refractivity contribution in [3.63, 3.8) is 0 Å². The highest BCUT2D eigenvalue weighted by Gasteiger charge is 2.24. The molecule has 1 aliphatic heterocycles. The first-order chi connectivity index (χ1) is 13.0. The van der Waals surface area contributed by atoms with Crippen molar-refractivity contribution in [1.29, 1.82) is 0 Å². The lowest BCUT2D eigenvalue weighted by Crippen LogP contribution is -2.39. The molecule has 1 amide bonds. The molecule has 0 N–H and O–H groups in total. The summed E-state index contributed by atoms with van der Waals surface area (Å²) in [5.74, 6) is 0.666. The number of benzene rings is 2. The van der Waals surface area contributed by atoms with Gasteiger partial charge in [-0.25, -0.2) is 4.98 Å². The van der Waals surface area contributed by atoms with Gasteiger partial charge in [0, 0.05) is 28.5 Å². The number of rotatable bonds is 2. The second-order valence-corrected chi connectivity index (χ2v) is 8.50. The van der Waals surface area contributed by atoms with Gasteiger partial charge in [-0.3, -0.25) is 4.79 Å². The molecule has 138 valence electrons. The first kappa shape index (κ1) is 18.2. The Kier molecular flexibility index (Phi) is 5.00. The molecule has 2 heterocycles. The number of amides is 1. The highest BCUT2D eigenvalue weighted by Crippen LogP contribution is 2.29. The number of fused-ring (bicyclic) bond motifs is 1. The molecule has 1 saturated heterocycles. The third kappa shape index (κ3) is 3.77. The average molecular weight is 423 g/mol. The Labute approximate surface area is 168 Å². The Bertz CT molecular complexity index is 1010. The van der Waals surface area contributed by atoms with Gasteiger partial charge in [-0.2, -0.15) is 0 Å². The summed E-state index contributed by atoms with van der Waals surface area (Å²) in [5, 5.41) is 0.906. The minimum absolute atomic E-state index is 0.112. The number of aryl methyl sites for hydroxylation is 1. The second kappa shape index (κ2) is 7.43. The Morgan fingerprint density at radius 3 is 2.81 bits per heavy atom. The van der Waals surface area contributed by atoms with E-state index in [4.69, 9.17) is 4.98 Å². The fourth-order valence-electron chi connectivity index (χ4n) is 3.87. The highest BCUT2D eigenvalue weighted by atomic mass is 79.9. The fraction of sp³-hybridized carbons (Fsp3) is 0.304. The Balaban J connectivity index is 1.86. The van der Waals surface area contributed by atoms with Crippen LogP contribution in [0.15, 0.2) is 53.0 Å². The first-order valence-electron chi connectivity index (χ1n) is 9.48. The average Bonchev–Trinajstić information content (AvgIpc) is 2.66. The molecule has 0 spiro atoms. The number of hydrogen-bond donors (Lipinski definition) is 0. The highest BCUT2D eigenvalue weighted by molar-refractivity contribution is 9.10. The summed E-state index contributed by atoms with van der Waals surface area (Å²) in [4.78, 5) is 20.2. The van der Waals surface area contributed by atoms with Crippen LogP contribution in [-0.4, -0.2) is 28.9 Å². The van der Waals surface area contributed by atoms with Gasteiger partial charge in [0.1, 0.15) is 0 Å². The minimum Gasteiger partial charge on any atom is -0.338 e. The smallest absolute Gasteiger partial charge is 0.254 e. The number of likely N-dealkylation sites (tertiary alicyclic amines) is 1. The molecule has 1 aromatic heterocycles. The van der Waals surface area contributed by atoms with Crippen LogP contribution in [0, 0.1) is 12.8 Å². The van der Waals surface area contributed by atoms with Gasteiger partial charge in [-0.1, -0.05) is 46.6 Å². The van der Waals surface area contributed by atoms with Gasteiger partial charge in [-0.05, 0) is 56.0 Å². The zero-order valence-corrected chi connectivity index (χ0v) is 17.3. The maximum atomic E-state index is 13.4. The molecule has 3 nitrogen and oxygen atoms in total. The van der Waals surface area contributed by atoms with Crippen LogP contribution >= 0.6 is 15.9 Å². The number of piperidine rings is 1. The molecule has 1 aliphatic rings. The number of aromatic nitrogens is 1. The molecule has 3 aromatic rings. The summed E-state index contributed by atoms with van der Waals surface area (Å²) in [5.41, 5.74) is 4.67. The van der Waals surface area contributed by atoms with Crippen LogP contribution in [0.1, 0.15) is 35.7 Å². The number of halogens is 1. The normalized spacial score (nSPS) is 17.3. The van der Waals surface area contributed by atoms with E-state index in [9.17, 15) is 4.79 Å². The summed E-state index contributed by atoms with van der Waals surface area (Å²) in [6.45, 7) is 5.96. The van der Waals surface area contributed by atoms with Crippen LogP contribution in [0.5, 0.6) is 0 Å². The van der Waals surface area contributed by atoms with E-state index < -0.39 is 0 Å². The third-order valence-corrected chi connectivity index (χ3v) is 5.75. The summed E-state index contributed by atoms with van der Waals surface area (Å²) < 4.78 is 0.959. The quantitative estimate of drug-likeness (QED) is 0.519. The molecule has 2 aromatic carbocycles. The van der Waals surface area contributed by atoms with Crippen LogP contribution in [0.2, 0.25) is 0 Å². The van der Waals surface area contributed by atoms with E-state index in [-0.39, 0.29) is 5.91 Å². The number of hydrogen-bond acceptors (Lipinski definition) is 2. The fourth-order valence-corrected chi connectivity index (χ4v) is 4.23. The Morgan fingerprint density at radius 1 is 1.19 bits per heavy atom. The van der Waals surface area contributed by atoms with E-state index in [1.807, 2.05) is 35.2 Å². The molecular weight excluding hydrogens is 400 g/mol. The summed E-state index contributed by atoms with van der Waals surface area (Å²) in [6.07, 6.45) is 2.27. The number of nitrogens with zero attached hydrogens (tertiary/aromatic N) is 2. The van der Waals surface area contributed by atoms with Crippen LogP contribution in [0.3, 0.4) is 0 Å². The van der Waals surface area contributed by atoms with Gasteiger partial charge >= 0.3 is 0 Å². The van der Waals surface area contributed by atoms with Gasteiger partial charge in [0.15, 0.2) is 0 Å². The Hall–Kier alpha value is -2.20. The molecule has 0 aliphatic carbocycles. The van der Waals surface area contributed by atoms with Crippen molar-refractivity contribution in [2.24, 2.45) is 5.92 Å². The SMILES string of the molecule is Cc1cccc(-c2cc(C(=O)N3CCC[C@@H](C)C3)c3cc(Br)ccc3n2)c1. The van der Waals surface area contributed by atoms with Crippen molar-refractivity contribution in [2.45, 2.75) is 26.7 Å². The number of carbonyl (C=O) groups excluding carboxylic acids is 1. The zero-order valence-electron chi connectivity index (χ0n) is 15.7. The van der Waals surface area contributed by atoms with Crippen molar-refractivity contribution in [2.75, 3.05) is 13.1 Å². The second-order valence-electron chi connectivity index (χ2n) is 7.58. The van der Waals surface area contributed by atoms with Gasteiger partial charge in [0.25, 0.3) is 5.91 Å². The summed E-state index contributed by atoms with van der Waals surface area (Å²) >= 11 is 3.54. The molecule has 1 fully saturated rings. The molecular formula is C23H23BrN2O. The van der Waals surface area contributed by atoms with Crippen molar-refractivity contribution >= 4 is 32.7 Å².